The molecule has 1 aromatic rings. The van der Waals surface area contributed by atoms with E-state index in [-0.39, 0.29) is 12.0 Å². The Labute approximate surface area is 130 Å². The standard InChI is InChI=1S/C16H20N2O2S/c1-3-21-15-9-6-8-13(12(15)11-17)18-10-5-4-7-14(18)16(19)20-2/h6,8-9,14H,3-5,7,10H2,1-2H3. The first-order valence-corrected chi connectivity index (χ1v) is 8.21. The van der Waals surface area contributed by atoms with E-state index < -0.39 is 0 Å². The van der Waals surface area contributed by atoms with Gasteiger partial charge >= 0.3 is 5.97 Å². The number of methoxy groups -OCH3 is 1. The van der Waals surface area contributed by atoms with Crippen molar-refractivity contribution in [1.82, 2.24) is 0 Å². The first-order valence-electron chi connectivity index (χ1n) is 7.23. The van der Waals surface area contributed by atoms with Crippen molar-refractivity contribution >= 4 is 23.4 Å². The Bertz CT molecular complexity index is 554. The fourth-order valence-electron chi connectivity index (χ4n) is 2.75. The van der Waals surface area contributed by atoms with E-state index in [1.807, 2.05) is 23.1 Å². The fraction of sp³-hybridized carbons (Fsp3) is 0.500. The molecule has 0 N–H and O–H groups in total. The van der Waals surface area contributed by atoms with Crippen molar-refractivity contribution in [2.75, 3.05) is 24.3 Å². The summed E-state index contributed by atoms with van der Waals surface area (Å²) in [6, 6.07) is 7.88. The Morgan fingerprint density at radius 2 is 2.33 bits per heavy atom. The minimum atomic E-state index is -0.280. The summed E-state index contributed by atoms with van der Waals surface area (Å²) in [5.41, 5.74) is 1.52. The zero-order valence-corrected chi connectivity index (χ0v) is 13.3. The van der Waals surface area contributed by atoms with Crippen molar-refractivity contribution in [2.24, 2.45) is 0 Å². The molecule has 1 aromatic carbocycles. The molecular formula is C16H20N2O2S. The molecule has 5 heteroatoms. The molecule has 4 nitrogen and oxygen atoms in total. The van der Waals surface area contributed by atoms with Crippen LogP contribution in [-0.4, -0.2) is 31.4 Å². The number of hydrogen-bond acceptors (Lipinski definition) is 5. The van der Waals surface area contributed by atoms with E-state index in [0.29, 0.717) is 5.56 Å². The molecule has 1 fully saturated rings. The second kappa shape index (κ2) is 7.37. The van der Waals surface area contributed by atoms with E-state index in [1.165, 1.54) is 7.11 Å². The summed E-state index contributed by atoms with van der Waals surface area (Å²) in [5, 5.41) is 9.53. The van der Waals surface area contributed by atoms with Gasteiger partial charge in [-0.1, -0.05) is 13.0 Å². The molecule has 0 radical (unpaired) electrons. The SMILES string of the molecule is CCSc1cccc(N2CCCCC2C(=O)OC)c1C#N. The average Bonchev–Trinajstić information content (AvgIpc) is 2.54. The third-order valence-electron chi connectivity index (χ3n) is 3.70. The van der Waals surface area contributed by atoms with Gasteiger partial charge in [-0.05, 0) is 37.1 Å². The molecule has 1 atom stereocenters. The van der Waals surface area contributed by atoms with Gasteiger partial charge in [0.2, 0.25) is 0 Å². The lowest BCUT2D eigenvalue weighted by molar-refractivity contribution is -0.142. The number of piperidine rings is 1. The van der Waals surface area contributed by atoms with Crippen LogP contribution in [0.4, 0.5) is 5.69 Å². The average molecular weight is 304 g/mol. The minimum absolute atomic E-state index is 0.216. The van der Waals surface area contributed by atoms with Gasteiger partial charge < -0.3 is 9.64 Å². The monoisotopic (exact) mass is 304 g/mol. The van der Waals surface area contributed by atoms with Gasteiger partial charge in [-0.25, -0.2) is 4.79 Å². The Morgan fingerprint density at radius 3 is 3.00 bits per heavy atom. The maximum absolute atomic E-state index is 12.0. The predicted octanol–water partition coefficient (Wildman–Crippen LogP) is 3.20. The molecular weight excluding hydrogens is 284 g/mol. The Hall–Kier alpha value is -1.67. The number of thioether (sulfide) groups is 1. The summed E-state index contributed by atoms with van der Waals surface area (Å²) in [4.78, 5) is 15.0. The zero-order chi connectivity index (χ0) is 15.2. The van der Waals surface area contributed by atoms with Gasteiger partial charge in [0.05, 0.1) is 18.4 Å². The van der Waals surface area contributed by atoms with Crippen LogP contribution in [0.1, 0.15) is 31.7 Å². The summed E-state index contributed by atoms with van der Waals surface area (Å²) in [6.07, 6.45) is 2.83. The maximum atomic E-state index is 12.0. The number of carbonyl (C=O) groups is 1. The molecule has 1 aliphatic rings. The van der Waals surface area contributed by atoms with Crippen molar-refractivity contribution in [3.05, 3.63) is 23.8 Å². The lowest BCUT2D eigenvalue weighted by Crippen LogP contribution is -2.45. The second-order valence-electron chi connectivity index (χ2n) is 4.92. The molecule has 21 heavy (non-hydrogen) atoms. The fourth-order valence-corrected chi connectivity index (χ4v) is 3.53. The number of rotatable bonds is 4. The van der Waals surface area contributed by atoms with Gasteiger partial charge in [0, 0.05) is 11.4 Å². The number of hydrogen-bond donors (Lipinski definition) is 0. The van der Waals surface area contributed by atoms with E-state index in [2.05, 4.69) is 13.0 Å². The van der Waals surface area contributed by atoms with E-state index in [0.717, 1.165) is 42.1 Å². The van der Waals surface area contributed by atoms with Gasteiger partial charge in [0.15, 0.2) is 0 Å². The number of ether oxygens (including phenoxy) is 1. The Kier molecular flexibility index (Phi) is 5.51. The summed E-state index contributed by atoms with van der Waals surface area (Å²) in [7, 11) is 1.42. The highest BCUT2D eigenvalue weighted by Crippen LogP contribution is 2.33. The van der Waals surface area contributed by atoms with E-state index in [4.69, 9.17) is 4.74 Å². The van der Waals surface area contributed by atoms with Crippen LogP contribution in [0, 0.1) is 11.3 Å². The number of benzene rings is 1. The summed E-state index contributed by atoms with van der Waals surface area (Å²) < 4.78 is 4.92. The van der Waals surface area contributed by atoms with Crippen molar-refractivity contribution in [1.29, 1.82) is 5.26 Å². The minimum Gasteiger partial charge on any atom is -0.467 e. The first-order chi connectivity index (χ1) is 10.2. The van der Waals surface area contributed by atoms with Crippen LogP contribution in [0.3, 0.4) is 0 Å². The van der Waals surface area contributed by atoms with E-state index in [1.54, 1.807) is 11.8 Å². The molecule has 0 bridgehead atoms. The van der Waals surface area contributed by atoms with Gasteiger partial charge in [0.1, 0.15) is 12.1 Å². The molecule has 0 aliphatic carbocycles. The number of nitrogens with zero attached hydrogens (tertiary/aromatic N) is 2. The van der Waals surface area contributed by atoms with E-state index in [9.17, 15) is 10.1 Å². The van der Waals surface area contributed by atoms with Crippen LogP contribution in [0.15, 0.2) is 23.1 Å². The van der Waals surface area contributed by atoms with Crippen LogP contribution in [0.2, 0.25) is 0 Å². The Morgan fingerprint density at radius 1 is 1.52 bits per heavy atom. The Balaban J connectivity index is 2.41. The maximum Gasteiger partial charge on any atom is 0.328 e. The molecule has 0 saturated carbocycles. The lowest BCUT2D eigenvalue weighted by Gasteiger charge is -2.36. The normalized spacial score (nSPS) is 18.1. The molecule has 1 heterocycles. The lowest BCUT2D eigenvalue weighted by atomic mass is 10.00. The summed E-state index contributed by atoms with van der Waals surface area (Å²) in [5.74, 6) is 0.700. The summed E-state index contributed by atoms with van der Waals surface area (Å²) >= 11 is 1.65. The zero-order valence-electron chi connectivity index (χ0n) is 12.5. The number of nitriles is 1. The number of anilines is 1. The molecule has 112 valence electrons. The van der Waals surface area contributed by atoms with Crippen LogP contribution in [0.5, 0.6) is 0 Å². The van der Waals surface area contributed by atoms with E-state index >= 15 is 0 Å². The molecule has 1 unspecified atom stereocenters. The molecule has 2 rings (SSSR count). The summed E-state index contributed by atoms with van der Waals surface area (Å²) in [6.45, 7) is 2.85. The van der Waals surface area contributed by atoms with Gasteiger partial charge in [0.25, 0.3) is 0 Å². The number of esters is 1. The molecule has 1 saturated heterocycles. The highest BCUT2D eigenvalue weighted by molar-refractivity contribution is 7.99. The van der Waals surface area contributed by atoms with Gasteiger partial charge in [-0.15, -0.1) is 11.8 Å². The third kappa shape index (κ3) is 3.33. The van der Waals surface area contributed by atoms with Crippen LogP contribution in [-0.2, 0) is 9.53 Å². The highest BCUT2D eigenvalue weighted by atomic mass is 32.2. The number of carbonyl (C=O) groups excluding carboxylic acids is 1. The van der Waals surface area contributed by atoms with Crippen LogP contribution in [0.25, 0.3) is 0 Å². The molecule has 1 aliphatic heterocycles. The third-order valence-corrected chi connectivity index (χ3v) is 4.64. The first kappa shape index (κ1) is 15.7. The molecule has 0 amide bonds. The van der Waals surface area contributed by atoms with Crippen LogP contribution < -0.4 is 4.90 Å². The smallest absolute Gasteiger partial charge is 0.328 e. The van der Waals surface area contributed by atoms with Crippen molar-refractivity contribution in [3.63, 3.8) is 0 Å². The van der Waals surface area contributed by atoms with Crippen molar-refractivity contribution < 1.29 is 9.53 Å². The quantitative estimate of drug-likeness (QED) is 0.631. The molecule has 0 spiro atoms. The molecule has 0 aromatic heterocycles. The van der Waals surface area contributed by atoms with Crippen molar-refractivity contribution in [3.8, 4) is 6.07 Å². The van der Waals surface area contributed by atoms with Crippen molar-refractivity contribution in [2.45, 2.75) is 37.1 Å². The largest absolute Gasteiger partial charge is 0.467 e. The van der Waals surface area contributed by atoms with Gasteiger partial charge in [-0.3, -0.25) is 0 Å². The highest BCUT2D eigenvalue weighted by Gasteiger charge is 2.31. The van der Waals surface area contributed by atoms with Crippen LogP contribution >= 0.6 is 11.8 Å². The van der Waals surface area contributed by atoms with Gasteiger partial charge in [-0.2, -0.15) is 5.26 Å². The predicted molar refractivity (Wildman–Crippen MR) is 84.6 cm³/mol. The topological polar surface area (TPSA) is 53.3 Å². The second-order valence-corrected chi connectivity index (χ2v) is 6.23.